The number of anilines is 1. The molecule has 3 heteroatoms. The van der Waals surface area contributed by atoms with Crippen LogP contribution in [0.2, 0.25) is 0 Å². The lowest BCUT2D eigenvalue weighted by Crippen LogP contribution is -1.99. The first-order chi connectivity index (χ1) is 24.9. The number of aryl methyl sites for hydroxylation is 3. The number of hydrogen-bond donors (Lipinski definition) is 1. The molecule has 1 saturated carbocycles. The summed E-state index contributed by atoms with van der Waals surface area (Å²) in [7, 11) is 1.84. The molecule has 0 aliphatic heterocycles. The van der Waals surface area contributed by atoms with Gasteiger partial charge in [-0.05, 0) is 84.3 Å². The first-order valence-electron chi connectivity index (χ1n) is 18.3. The summed E-state index contributed by atoms with van der Waals surface area (Å²) in [4.78, 5) is 8.81. The van der Waals surface area contributed by atoms with Crippen molar-refractivity contribution in [3.63, 3.8) is 0 Å². The topological polar surface area (TPSA) is 37.8 Å². The molecule has 0 amide bonds. The molecule has 3 nitrogen and oxygen atoms in total. The number of pyridine rings is 2. The van der Waals surface area contributed by atoms with Gasteiger partial charge in [-0.25, -0.2) is 9.97 Å². The number of nitrogens with one attached hydrogen (secondary N) is 1. The average Bonchev–Trinajstić information content (AvgIpc) is 3.22. The van der Waals surface area contributed by atoms with Crippen LogP contribution in [-0.2, 0) is 6.42 Å². The SMILES string of the molecule is C=C.C=C.C=Cc1ccc(C)c(C)c1.C=Cc1ccc(NC)nc1.CC.CC1CCCCC1.CCc1ccc2nc(-c3ccccc3)ccc2c1. The first kappa shape index (κ1) is 46.0. The van der Waals surface area contributed by atoms with E-state index < -0.39 is 0 Å². The van der Waals surface area contributed by atoms with Gasteiger partial charge in [0.1, 0.15) is 5.82 Å². The molecule has 0 spiro atoms. The largest absolute Gasteiger partial charge is 0.373 e. The van der Waals surface area contributed by atoms with Crippen molar-refractivity contribution in [3.05, 3.63) is 164 Å². The predicted octanol–water partition coefficient (Wildman–Crippen LogP) is 14.4. The van der Waals surface area contributed by atoms with E-state index in [2.05, 4.69) is 138 Å². The van der Waals surface area contributed by atoms with Crippen molar-refractivity contribution < 1.29 is 0 Å². The van der Waals surface area contributed by atoms with E-state index in [9.17, 15) is 0 Å². The monoisotopic (exact) mass is 684 g/mol. The van der Waals surface area contributed by atoms with Crippen LogP contribution in [0.15, 0.2) is 137 Å². The Morgan fingerprint density at radius 3 is 1.84 bits per heavy atom. The Morgan fingerprint density at radius 1 is 0.725 bits per heavy atom. The fourth-order valence-corrected chi connectivity index (χ4v) is 5.04. The van der Waals surface area contributed by atoms with Crippen molar-refractivity contribution in [2.45, 2.75) is 80.1 Å². The third-order valence-corrected chi connectivity index (χ3v) is 8.17. The zero-order chi connectivity index (χ0) is 38.4. The molecular weight excluding hydrogens is 619 g/mol. The number of nitrogens with zero attached hydrogens (tertiary/aromatic N) is 2. The number of fused-ring (bicyclic) bond motifs is 1. The minimum Gasteiger partial charge on any atom is -0.373 e. The van der Waals surface area contributed by atoms with E-state index >= 15 is 0 Å². The summed E-state index contributed by atoms with van der Waals surface area (Å²) >= 11 is 0. The molecule has 51 heavy (non-hydrogen) atoms. The second-order valence-electron chi connectivity index (χ2n) is 11.7. The smallest absolute Gasteiger partial charge is 0.125 e. The molecule has 0 atom stereocenters. The minimum atomic E-state index is 0.880. The number of rotatable bonds is 5. The molecule has 1 aliphatic rings. The van der Waals surface area contributed by atoms with Gasteiger partial charge in [0.15, 0.2) is 0 Å². The summed E-state index contributed by atoms with van der Waals surface area (Å²) in [5, 5.41) is 4.15. The molecule has 1 N–H and O–H groups in total. The quantitative estimate of drug-likeness (QED) is 0.187. The van der Waals surface area contributed by atoms with E-state index in [0.29, 0.717) is 0 Å². The van der Waals surface area contributed by atoms with Crippen LogP contribution in [0.4, 0.5) is 5.82 Å². The van der Waals surface area contributed by atoms with Crippen LogP contribution < -0.4 is 5.32 Å². The molecule has 0 unspecified atom stereocenters. The molecule has 1 fully saturated rings. The summed E-state index contributed by atoms with van der Waals surface area (Å²) in [5.74, 6) is 1.92. The fraction of sp³-hybridized carbons (Fsp3) is 0.292. The lowest BCUT2D eigenvalue weighted by Gasteiger charge is -2.15. The van der Waals surface area contributed by atoms with Gasteiger partial charge in [0.25, 0.3) is 0 Å². The molecule has 0 saturated heterocycles. The van der Waals surface area contributed by atoms with Gasteiger partial charge >= 0.3 is 0 Å². The van der Waals surface area contributed by atoms with Gasteiger partial charge in [-0.2, -0.15) is 0 Å². The van der Waals surface area contributed by atoms with Gasteiger partial charge < -0.3 is 5.32 Å². The average molecular weight is 684 g/mol. The second-order valence-corrected chi connectivity index (χ2v) is 11.7. The molecule has 0 bridgehead atoms. The lowest BCUT2D eigenvalue weighted by molar-refractivity contribution is 0.385. The molecule has 272 valence electrons. The normalized spacial score (nSPS) is 11.1. The molecule has 2 aromatic heterocycles. The molecular formula is C48H65N3. The second kappa shape index (κ2) is 28.8. The van der Waals surface area contributed by atoms with Crippen LogP contribution in [0, 0.1) is 19.8 Å². The van der Waals surface area contributed by atoms with E-state index in [1.165, 1.54) is 65.3 Å². The predicted molar refractivity (Wildman–Crippen MR) is 233 cm³/mol. The summed E-state index contributed by atoms with van der Waals surface area (Å²) in [6.45, 7) is 32.1. The lowest BCUT2D eigenvalue weighted by atomic mass is 9.91. The van der Waals surface area contributed by atoms with Gasteiger partial charge in [-0.1, -0.05) is 146 Å². The van der Waals surface area contributed by atoms with Crippen LogP contribution in [0.5, 0.6) is 0 Å². The highest BCUT2D eigenvalue weighted by atomic mass is 14.9. The maximum atomic E-state index is 4.72. The maximum Gasteiger partial charge on any atom is 0.125 e. The van der Waals surface area contributed by atoms with E-state index in [1.54, 1.807) is 12.3 Å². The minimum absolute atomic E-state index is 0.880. The Bertz CT molecular complexity index is 1630. The van der Waals surface area contributed by atoms with Gasteiger partial charge in [-0.15, -0.1) is 26.3 Å². The first-order valence-corrected chi connectivity index (χ1v) is 18.3. The number of benzene rings is 3. The Hall–Kier alpha value is -5.02. The highest BCUT2D eigenvalue weighted by molar-refractivity contribution is 5.82. The molecule has 5 aromatic rings. The van der Waals surface area contributed by atoms with Crippen molar-refractivity contribution in [2.75, 3.05) is 12.4 Å². The van der Waals surface area contributed by atoms with Crippen LogP contribution in [0.3, 0.4) is 0 Å². The Kier molecular flexibility index (Phi) is 25.9. The van der Waals surface area contributed by atoms with Crippen LogP contribution in [0.25, 0.3) is 34.3 Å². The fourth-order valence-electron chi connectivity index (χ4n) is 5.04. The number of hydrogen-bond acceptors (Lipinski definition) is 3. The van der Waals surface area contributed by atoms with Crippen molar-refractivity contribution in [1.29, 1.82) is 0 Å². The molecule has 6 rings (SSSR count). The molecule has 3 aromatic carbocycles. The third-order valence-electron chi connectivity index (χ3n) is 8.17. The van der Waals surface area contributed by atoms with Crippen LogP contribution in [0.1, 0.15) is 87.6 Å². The number of aromatic nitrogens is 2. The van der Waals surface area contributed by atoms with Gasteiger partial charge in [0.05, 0.1) is 11.2 Å². The Labute approximate surface area is 312 Å². The van der Waals surface area contributed by atoms with Crippen LogP contribution >= 0.6 is 0 Å². The van der Waals surface area contributed by atoms with Crippen LogP contribution in [-0.4, -0.2) is 17.0 Å². The van der Waals surface area contributed by atoms with Gasteiger partial charge in [0.2, 0.25) is 0 Å². The van der Waals surface area contributed by atoms with E-state index in [1.807, 2.05) is 57.3 Å². The molecule has 2 heterocycles. The highest BCUT2D eigenvalue weighted by Crippen LogP contribution is 2.23. The highest BCUT2D eigenvalue weighted by Gasteiger charge is 2.06. The summed E-state index contributed by atoms with van der Waals surface area (Å²) in [6.07, 6.45) is 13.9. The van der Waals surface area contributed by atoms with Crippen molar-refractivity contribution >= 4 is 28.9 Å². The van der Waals surface area contributed by atoms with E-state index in [-0.39, 0.29) is 0 Å². The summed E-state index contributed by atoms with van der Waals surface area (Å²) in [5.41, 5.74) is 9.53. The Balaban J connectivity index is 0.000000657. The summed E-state index contributed by atoms with van der Waals surface area (Å²) < 4.78 is 0. The third kappa shape index (κ3) is 18.0. The van der Waals surface area contributed by atoms with Crippen molar-refractivity contribution in [2.24, 2.45) is 5.92 Å². The molecule has 0 radical (unpaired) electrons. The zero-order valence-corrected chi connectivity index (χ0v) is 32.8. The maximum absolute atomic E-state index is 4.72. The van der Waals surface area contributed by atoms with Gasteiger partial charge in [-0.3, -0.25) is 0 Å². The van der Waals surface area contributed by atoms with E-state index in [0.717, 1.165) is 34.9 Å². The standard InChI is InChI=1S/C17H15N.C10H12.C8H10N2.C7H14.C2H6.2C2H4/c1-2-13-8-10-17-15(12-13)9-11-16(18-17)14-6-4-3-5-7-14;1-4-10-6-5-8(2)9(3)7-10;1-3-7-4-5-8(9-2)10-6-7;1-7-5-3-2-4-6-7;3*1-2/h3-12H,2H2,1H3;4-7H,1H2,2-3H3;3-6H,1H2,2H3,(H,9,10);7H,2-6H2,1H3;1-2H3;2*1-2H2. The van der Waals surface area contributed by atoms with E-state index in [4.69, 9.17) is 4.98 Å². The Morgan fingerprint density at radius 2 is 1.35 bits per heavy atom. The van der Waals surface area contributed by atoms with Gasteiger partial charge in [0, 0.05) is 24.2 Å². The zero-order valence-electron chi connectivity index (χ0n) is 32.8. The molecule has 1 aliphatic carbocycles. The summed E-state index contributed by atoms with van der Waals surface area (Å²) in [6, 6.07) is 31.2. The van der Waals surface area contributed by atoms with Crippen molar-refractivity contribution in [3.8, 4) is 11.3 Å². The van der Waals surface area contributed by atoms with Crippen molar-refractivity contribution in [1.82, 2.24) is 9.97 Å².